The lowest BCUT2D eigenvalue weighted by atomic mass is 9.77. The minimum Gasteiger partial charge on any atom is -0.336 e. The van der Waals surface area contributed by atoms with Crippen molar-refractivity contribution in [2.75, 3.05) is 19.6 Å². The van der Waals surface area contributed by atoms with Crippen molar-refractivity contribution in [1.29, 1.82) is 0 Å². The molecule has 1 unspecified atom stereocenters. The minimum atomic E-state index is 0.203. The molecule has 0 N–H and O–H groups in total. The quantitative estimate of drug-likeness (QED) is 0.717. The van der Waals surface area contributed by atoms with Crippen LogP contribution in [0.3, 0.4) is 0 Å². The second-order valence-electron chi connectivity index (χ2n) is 7.89. The lowest BCUT2D eigenvalue weighted by molar-refractivity contribution is 0.139. The number of nitrogens with zero attached hydrogens (tertiary/aromatic N) is 5. The van der Waals surface area contributed by atoms with Crippen molar-refractivity contribution in [2.24, 2.45) is 0 Å². The summed E-state index contributed by atoms with van der Waals surface area (Å²) < 4.78 is 2.17. The molecule has 5 heteroatoms. The summed E-state index contributed by atoms with van der Waals surface area (Å²) in [4.78, 5) is 16.5. The number of fused-ring (bicyclic) bond motifs is 2. The van der Waals surface area contributed by atoms with Crippen LogP contribution in [0.25, 0.3) is 11.4 Å². The van der Waals surface area contributed by atoms with E-state index in [0.717, 1.165) is 37.4 Å². The van der Waals surface area contributed by atoms with Gasteiger partial charge in [-0.25, -0.2) is 15.0 Å². The zero-order valence-corrected chi connectivity index (χ0v) is 15.6. The number of aromatic nitrogens is 4. The van der Waals surface area contributed by atoms with E-state index < -0.39 is 0 Å². The van der Waals surface area contributed by atoms with Crippen molar-refractivity contribution in [3.05, 3.63) is 66.5 Å². The van der Waals surface area contributed by atoms with E-state index in [1.54, 1.807) is 0 Å². The third kappa shape index (κ3) is 3.16. The fourth-order valence-corrected chi connectivity index (χ4v) is 4.76. The molecule has 1 spiro atoms. The molecule has 1 aromatic carbocycles. The van der Waals surface area contributed by atoms with Gasteiger partial charge in [0.2, 0.25) is 0 Å². The third-order valence-electron chi connectivity index (χ3n) is 6.16. The van der Waals surface area contributed by atoms with Crippen LogP contribution in [0, 0.1) is 0 Å². The normalized spacial score (nSPS) is 22.2. The predicted molar refractivity (Wildman–Crippen MR) is 105 cm³/mol. The number of piperidine rings is 1. The lowest BCUT2D eigenvalue weighted by Crippen LogP contribution is -2.46. The third-order valence-corrected chi connectivity index (χ3v) is 6.16. The molecular formula is C22H25N5. The molecule has 1 aliphatic carbocycles. The van der Waals surface area contributed by atoms with Crippen LogP contribution in [-0.4, -0.2) is 44.1 Å². The van der Waals surface area contributed by atoms with E-state index >= 15 is 0 Å². The van der Waals surface area contributed by atoms with Crippen molar-refractivity contribution >= 4 is 0 Å². The highest BCUT2D eigenvalue weighted by Gasteiger charge is 2.43. The molecule has 0 amide bonds. The highest BCUT2D eigenvalue weighted by molar-refractivity contribution is 5.55. The number of benzene rings is 1. The smallest absolute Gasteiger partial charge is 0.159 e. The Morgan fingerprint density at radius 2 is 2.00 bits per heavy atom. The summed E-state index contributed by atoms with van der Waals surface area (Å²) in [5.74, 6) is 0.867. The van der Waals surface area contributed by atoms with Gasteiger partial charge in [-0.3, -0.25) is 0 Å². The van der Waals surface area contributed by atoms with Gasteiger partial charge >= 0.3 is 0 Å². The van der Waals surface area contributed by atoms with Gasteiger partial charge in [-0.15, -0.1) is 0 Å². The van der Waals surface area contributed by atoms with E-state index in [4.69, 9.17) is 4.98 Å². The Morgan fingerprint density at radius 3 is 2.85 bits per heavy atom. The van der Waals surface area contributed by atoms with Gasteiger partial charge in [0.15, 0.2) is 5.82 Å². The molecule has 1 atom stereocenters. The van der Waals surface area contributed by atoms with Crippen molar-refractivity contribution in [1.82, 2.24) is 24.4 Å². The number of imidazole rings is 1. The zero-order valence-electron chi connectivity index (χ0n) is 15.6. The highest BCUT2D eigenvalue weighted by atomic mass is 15.2. The van der Waals surface area contributed by atoms with Gasteiger partial charge in [0.1, 0.15) is 0 Å². The van der Waals surface area contributed by atoms with Crippen molar-refractivity contribution < 1.29 is 0 Å². The second-order valence-corrected chi connectivity index (χ2v) is 7.89. The molecule has 27 heavy (non-hydrogen) atoms. The molecule has 2 aromatic heterocycles. The van der Waals surface area contributed by atoms with E-state index in [9.17, 15) is 0 Å². The summed E-state index contributed by atoms with van der Waals surface area (Å²) in [5, 5.41) is 0. The first-order valence-corrected chi connectivity index (χ1v) is 9.92. The second kappa shape index (κ2) is 6.89. The standard InChI is InChI=1S/C22H25N5/c1-2-5-18(6-3-1)21-24-15-19-7-9-22(20(19)25-21)8-4-11-26(16-22)13-14-27-12-10-23-17-27/h1-3,5-6,10,12,15,17H,4,7-9,11,13-14,16H2. The Kier molecular flexibility index (Phi) is 4.24. The molecular weight excluding hydrogens is 334 g/mol. The maximum absolute atomic E-state index is 5.09. The molecule has 0 radical (unpaired) electrons. The maximum Gasteiger partial charge on any atom is 0.159 e. The molecule has 1 saturated heterocycles. The zero-order chi connectivity index (χ0) is 18.1. The van der Waals surface area contributed by atoms with E-state index in [1.165, 1.54) is 37.1 Å². The largest absolute Gasteiger partial charge is 0.336 e. The topological polar surface area (TPSA) is 46.8 Å². The maximum atomic E-state index is 5.09. The lowest BCUT2D eigenvalue weighted by Gasteiger charge is -2.40. The van der Waals surface area contributed by atoms with Crippen LogP contribution in [0.1, 0.15) is 30.5 Å². The first kappa shape index (κ1) is 16.6. The van der Waals surface area contributed by atoms with Crippen molar-refractivity contribution in [2.45, 2.75) is 37.6 Å². The number of aryl methyl sites for hydroxylation is 1. The van der Waals surface area contributed by atoms with Crippen LogP contribution in [-0.2, 0) is 18.4 Å². The molecule has 0 bridgehead atoms. The molecule has 0 saturated carbocycles. The molecule has 3 aromatic rings. The molecule has 1 aliphatic heterocycles. The average Bonchev–Trinajstić information content (AvgIpc) is 3.36. The van der Waals surface area contributed by atoms with Crippen LogP contribution >= 0.6 is 0 Å². The number of rotatable bonds is 4. The Hall–Kier alpha value is -2.53. The first-order chi connectivity index (χ1) is 13.3. The molecule has 5 nitrogen and oxygen atoms in total. The van der Waals surface area contributed by atoms with E-state index in [1.807, 2.05) is 24.8 Å². The van der Waals surface area contributed by atoms with E-state index in [-0.39, 0.29) is 5.41 Å². The van der Waals surface area contributed by atoms with Gasteiger partial charge in [0.05, 0.1) is 12.0 Å². The van der Waals surface area contributed by atoms with Crippen LogP contribution < -0.4 is 0 Å². The molecule has 3 heterocycles. The van der Waals surface area contributed by atoms with E-state index in [0.29, 0.717) is 0 Å². The number of likely N-dealkylation sites (tertiary alicyclic amines) is 1. The van der Waals surface area contributed by atoms with E-state index in [2.05, 4.69) is 49.9 Å². The Labute approximate surface area is 160 Å². The summed E-state index contributed by atoms with van der Waals surface area (Å²) in [7, 11) is 0. The fraction of sp³-hybridized carbons (Fsp3) is 0.409. The van der Waals surface area contributed by atoms with Crippen LogP contribution in [0.15, 0.2) is 55.2 Å². The van der Waals surface area contributed by atoms with Crippen LogP contribution in [0.5, 0.6) is 0 Å². The summed E-state index contributed by atoms with van der Waals surface area (Å²) in [6.45, 7) is 4.37. The van der Waals surface area contributed by atoms with Crippen molar-refractivity contribution in [3.63, 3.8) is 0 Å². The van der Waals surface area contributed by atoms with Crippen LogP contribution in [0.4, 0.5) is 0 Å². The SMILES string of the molecule is c1ccc(-c2ncc3c(n2)C2(CCCN(CCn4ccnc4)C2)CC3)cc1. The minimum absolute atomic E-state index is 0.203. The van der Waals surface area contributed by atoms with Crippen molar-refractivity contribution in [3.8, 4) is 11.4 Å². The predicted octanol–water partition coefficient (Wildman–Crippen LogP) is 3.32. The summed E-state index contributed by atoms with van der Waals surface area (Å²) in [5.41, 5.74) is 3.97. The van der Waals surface area contributed by atoms with Gasteiger partial charge in [-0.1, -0.05) is 30.3 Å². The molecule has 1 fully saturated rings. The van der Waals surface area contributed by atoms with Gasteiger partial charge in [0, 0.05) is 49.2 Å². The Bertz CT molecular complexity index is 902. The monoisotopic (exact) mass is 359 g/mol. The molecule has 2 aliphatic rings. The van der Waals surface area contributed by atoms with Gasteiger partial charge in [0.25, 0.3) is 0 Å². The summed E-state index contributed by atoms with van der Waals surface area (Å²) in [6.07, 6.45) is 12.7. The number of hydrogen-bond donors (Lipinski definition) is 0. The molecule has 5 rings (SSSR count). The van der Waals surface area contributed by atoms with Crippen LogP contribution in [0.2, 0.25) is 0 Å². The number of hydrogen-bond acceptors (Lipinski definition) is 4. The van der Waals surface area contributed by atoms with Gasteiger partial charge in [-0.2, -0.15) is 0 Å². The Balaban J connectivity index is 1.39. The first-order valence-electron chi connectivity index (χ1n) is 9.92. The summed E-state index contributed by atoms with van der Waals surface area (Å²) >= 11 is 0. The highest BCUT2D eigenvalue weighted by Crippen LogP contribution is 2.44. The summed E-state index contributed by atoms with van der Waals surface area (Å²) in [6, 6.07) is 10.3. The fourth-order valence-electron chi connectivity index (χ4n) is 4.76. The average molecular weight is 359 g/mol. The molecule has 138 valence electrons. The Morgan fingerprint density at radius 1 is 1.07 bits per heavy atom. The van der Waals surface area contributed by atoms with Gasteiger partial charge < -0.3 is 9.47 Å². The van der Waals surface area contributed by atoms with Gasteiger partial charge in [-0.05, 0) is 37.8 Å².